The van der Waals surface area contributed by atoms with Crippen LogP contribution in [0.4, 0.5) is 0 Å². The van der Waals surface area contributed by atoms with Gasteiger partial charge in [-0.3, -0.25) is 4.79 Å². The number of hydrogen-bond acceptors (Lipinski definition) is 2. The molecule has 0 saturated heterocycles. The third-order valence-corrected chi connectivity index (χ3v) is 3.55. The van der Waals surface area contributed by atoms with Gasteiger partial charge in [0.2, 0.25) is 0 Å². The predicted molar refractivity (Wildman–Crippen MR) is 86.9 cm³/mol. The van der Waals surface area contributed by atoms with E-state index in [2.05, 4.69) is 46.9 Å². The lowest BCUT2D eigenvalue weighted by molar-refractivity contribution is -0.138. The molecule has 2 rings (SSSR count). The van der Waals surface area contributed by atoms with Gasteiger partial charge in [-0.25, -0.2) is 0 Å². The summed E-state index contributed by atoms with van der Waals surface area (Å²) >= 11 is 2.28. The Kier molecular flexibility index (Phi) is 5.00. The van der Waals surface area contributed by atoms with E-state index in [1.165, 1.54) is 3.57 Å². The molecule has 104 valence electrons. The van der Waals surface area contributed by atoms with Gasteiger partial charge in [0.1, 0.15) is 11.9 Å². The van der Waals surface area contributed by atoms with E-state index in [-0.39, 0.29) is 12.5 Å². The molecular weight excluding hydrogens is 367 g/mol. The molecule has 0 unspecified atom stereocenters. The third-order valence-electron chi connectivity index (χ3n) is 2.83. The second kappa shape index (κ2) is 6.74. The summed E-state index contributed by atoms with van der Waals surface area (Å²) in [6.07, 6.45) is -0.338. The van der Waals surface area contributed by atoms with Gasteiger partial charge in [-0.05, 0) is 64.9 Å². The molecule has 0 aliphatic rings. The number of benzene rings is 2. The average Bonchev–Trinajstić information content (AvgIpc) is 2.39. The van der Waals surface area contributed by atoms with Gasteiger partial charge in [0, 0.05) is 3.57 Å². The van der Waals surface area contributed by atoms with Crippen LogP contribution in [0.1, 0.15) is 13.3 Å². The summed E-state index contributed by atoms with van der Waals surface area (Å²) < 4.78 is 6.76. The molecule has 0 aliphatic carbocycles. The SMILES string of the molecule is C[C@H](CC(=O)O)Oc1ccc(-c2ccc(I)cc2)cc1. The molecule has 2 aromatic carbocycles. The Labute approximate surface area is 131 Å². The second-order valence-corrected chi connectivity index (χ2v) is 5.80. The van der Waals surface area contributed by atoms with Crippen molar-refractivity contribution in [1.82, 2.24) is 0 Å². The monoisotopic (exact) mass is 382 g/mol. The number of carboxylic acid groups (broad SMARTS) is 1. The Bertz CT molecular complexity index is 576. The summed E-state index contributed by atoms with van der Waals surface area (Å²) in [5.41, 5.74) is 2.26. The van der Waals surface area contributed by atoms with Gasteiger partial charge in [0.15, 0.2) is 0 Å². The van der Waals surface area contributed by atoms with Gasteiger partial charge in [-0.1, -0.05) is 24.3 Å². The highest BCUT2D eigenvalue weighted by atomic mass is 127. The number of ether oxygens (including phenoxy) is 1. The van der Waals surface area contributed by atoms with Crippen LogP contribution in [0.15, 0.2) is 48.5 Å². The van der Waals surface area contributed by atoms with Crippen LogP contribution in [0, 0.1) is 3.57 Å². The molecule has 0 radical (unpaired) electrons. The molecule has 0 fully saturated rings. The number of hydrogen-bond donors (Lipinski definition) is 1. The topological polar surface area (TPSA) is 46.5 Å². The van der Waals surface area contributed by atoms with Crippen LogP contribution in [-0.2, 0) is 4.79 Å². The van der Waals surface area contributed by atoms with Crippen molar-refractivity contribution in [3.63, 3.8) is 0 Å². The van der Waals surface area contributed by atoms with Gasteiger partial charge >= 0.3 is 5.97 Å². The van der Waals surface area contributed by atoms with E-state index in [4.69, 9.17) is 9.84 Å². The summed E-state index contributed by atoms with van der Waals surface area (Å²) in [7, 11) is 0. The van der Waals surface area contributed by atoms with Crippen LogP contribution in [0.2, 0.25) is 0 Å². The number of carboxylic acids is 1. The quantitative estimate of drug-likeness (QED) is 0.789. The largest absolute Gasteiger partial charge is 0.490 e. The van der Waals surface area contributed by atoms with Gasteiger partial charge in [0.25, 0.3) is 0 Å². The molecule has 2 aromatic rings. The maximum absolute atomic E-state index is 10.6. The molecule has 0 saturated carbocycles. The van der Waals surface area contributed by atoms with Crippen molar-refractivity contribution >= 4 is 28.6 Å². The van der Waals surface area contributed by atoms with E-state index in [0.29, 0.717) is 5.75 Å². The average molecular weight is 382 g/mol. The van der Waals surface area contributed by atoms with E-state index < -0.39 is 5.97 Å². The highest BCUT2D eigenvalue weighted by Gasteiger charge is 2.09. The first kappa shape index (κ1) is 14.8. The molecule has 0 amide bonds. The number of carbonyl (C=O) groups is 1. The number of halogens is 1. The fourth-order valence-electron chi connectivity index (χ4n) is 1.89. The first-order chi connectivity index (χ1) is 9.54. The van der Waals surface area contributed by atoms with E-state index in [9.17, 15) is 4.79 Å². The minimum absolute atomic E-state index is 0.00112. The lowest BCUT2D eigenvalue weighted by Crippen LogP contribution is -2.16. The molecule has 0 spiro atoms. The molecule has 0 aliphatic heterocycles. The molecule has 20 heavy (non-hydrogen) atoms. The standard InChI is InChI=1S/C16H15IO3/c1-11(10-16(18)19)20-15-8-4-13(5-9-15)12-2-6-14(17)7-3-12/h2-9,11H,10H2,1H3,(H,18,19)/t11-/m1/s1. The summed E-state index contributed by atoms with van der Waals surface area (Å²) in [4.78, 5) is 10.6. The Morgan fingerprint density at radius 3 is 2.10 bits per heavy atom. The Hall–Kier alpha value is -1.56. The molecule has 3 nitrogen and oxygen atoms in total. The highest BCUT2D eigenvalue weighted by molar-refractivity contribution is 14.1. The normalized spacial score (nSPS) is 11.9. The van der Waals surface area contributed by atoms with Crippen molar-refractivity contribution in [2.45, 2.75) is 19.4 Å². The lowest BCUT2D eigenvalue weighted by atomic mass is 10.1. The molecule has 1 N–H and O–H groups in total. The van der Waals surface area contributed by atoms with E-state index in [1.54, 1.807) is 6.92 Å². The Morgan fingerprint density at radius 1 is 1.10 bits per heavy atom. The molecule has 0 bridgehead atoms. The van der Waals surface area contributed by atoms with Gasteiger partial charge in [-0.15, -0.1) is 0 Å². The first-order valence-corrected chi connectivity index (χ1v) is 7.37. The van der Waals surface area contributed by atoms with Crippen molar-refractivity contribution < 1.29 is 14.6 Å². The number of aliphatic carboxylic acids is 1. The first-order valence-electron chi connectivity index (χ1n) is 6.29. The van der Waals surface area contributed by atoms with Crippen molar-refractivity contribution in [2.24, 2.45) is 0 Å². The van der Waals surface area contributed by atoms with Crippen molar-refractivity contribution in [3.05, 3.63) is 52.1 Å². The Morgan fingerprint density at radius 2 is 1.60 bits per heavy atom. The Balaban J connectivity index is 2.06. The fraction of sp³-hybridized carbons (Fsp3) is 0.188. The van der Waals surface area contributed by atoms with Crippen LogP contribution in [0.3, 0.4) is 0 Å². The maximum Gasteiger partial charge on any atom is 0.307 e. The van der Waals surface area contributed by atoms with E-state index in [0.717, 1.165) is 11.1 Å². The second-order valence-electron chi connectivity index (χ2n) is 4.56. The summed E-state index contributed by atoms with van der Waals surface area (Å²) in [5.74, 6) is -0.166. The summed E-state index contributed by atoms with van der Waals surface area (Å²) in [6.45, 7) is 1.75. The molecule has 0 heterocycles. The molecule has 1 atom stereocenters. The third kappa shape index (κ3) is 4.23. The summed E-state index contributed by atoms with van der Waals surface area (Å²) in [5, 5.41) is 8.70. The van der Waals surface area contributed by atoms with Crippen molar-refractivity contribution in [2.75, 3.05) is 0 Å². The van der Waals surface area contributed by atoms with Crippen molar-refractivity contribution in [3.8, 4) is 16.9 Å². The zero-order valence-corrected chi connectivity index (χ0v) is 13.2. The van der Waals surface area contributed by atoms with Crippen LogP contribution >= 0.6 is 22.6 Å². The number of rotatable bonds is 5. The van der Waals surface area contributed by atoms with E-state index >= 15 is 0 Å². The van der Waals surface area contributed by atoms with Gasteiger partial charge in [0.05, 0.1) is 6.42 Å². The molecule has 4 heteroatoms. The zero-order valence-electron chi connectivity index (χ0n) is 11.0. The lowest BCUT2D eigenvalue weighted by Gasteiger charge is -2.13. The van der Waals surface area contributed by atoms with Crippen LogP contribution < -0.4 is 4.74 Å². The zero-order chi connectivity index (χ0) is 14.5. The van der Waals surface area contributed by atoms with Crippen LogP contribution in [0.25, 0.3) is 11.1 Å². The fourth-order valence-corrected chi connectivity index (χ4v) is 2.25. The minimum atomic E-state index is -0.854. The van der Waals surface area contributed by atoms with Crippen molar-refractivity contribution in [1.29, 1.82) is 0 Å². The van der Waals surface area contributed by atoms with Crippen LogP contribution in [-0.4, -0.2) is 17.2 Å². The smallest absolute Gasteiger partial charge is 0.307 e. The summed E-state index contributed by atoms with van der Waals surface area (Å²) in [6, 6.07) is 16.0. The highest BCUT2D eigenvalue weighted by Crippen LogP contribution is 2.23. The molecule has 0 aromatic heterocycles. The van der Waals surface area contributed by atoms with E-state index in [1.807, 2.05) is 24.3 Å². The molecular formula is C16H15IO3. The minimum Gasteiger partial charge on any atom is -0.490 e. The maximum atomic E-state index is 10.6. The van der Waals surface area contributed by atoms with Gasteiger partial charge < -0.3 is 9.84 Å². The van der Waals surface area contributed by atoms with Gasteiger partial charge in [-0.2, -0.15) is 0 Å². The predicted octanol–water partition coefficient (Wildman–Crippen LogP) is 4.20. The van der Waals surface area contributed by atoms with Crippen LogP contribution in [0.5, 0.6) is 5.75 Å².